The molecule has 0 radical (unpaired) electrons. The van der Waals surface area contributed by atoms with Gasteiger partial charge in [-0.3, -0.25) is 4.90 Å². The molecule has 0 bridgehead atoms. The third-order valence-electron chi connectivity index (χ3n) is 1.74. The van der Waals surface area contributed by atoms with Gasteiger partial charge in [0.2, 0.25) is 0 Å². The number of hydrogen-bond donors (Lipinski definition) is 1. The third kappa shape index (κ3) is 1.61. The van der Waals surface area contributed by atoms with E-state index in [0.29, 0.717) is 6.17 Å². The van der Waals surface area contributed by atoms with Crippen molar-refractivity contribution in [2.75, 3.05) is 13.6 Å². The molecule has 56 valence electrons. The van der Waals surface area contributed by atoms with Gasteiger partial charge in [0.15, 0.2) is 0 Å². The van der Waals surface area contributed by atoms with Crippen LogP contribution in [0.3, 0.4) is 0 Å². The highest BCUT2D eigenvalue weighted by Crippen LogP contribution is 1.98. The highest BCUT2D eigenvalue weighted by Gasteiger charge is 2.06. The lowest BCUT2D eigenvalue weighted by Crippen LogP contribution is -2.40. The molecule has 10 heavy (non-hydrogen) atoms. The van der Waals surface area contributed by atoms with E-state index >= 15 is 0 Å². The minimum atomic E-state index is 0.384. The van der Waals surface area contributed by atoms with Gasteiger partial charge >= 0.3 is 0 Å². The SMILES string of the molecule is CCN(C)C1C=CC=CN1. The molecule has 1 atom stereocenters. The Kier molecular flexibility index (Phi) is 2.51. The Labute approximate surface area is 62.2 Å². The Hall–Kier alpha value is -0.760. The van der Waals surface area contributed by atoms with Crippen LogP contribution in [-0.2, 0) is 0 Å². The van der Waals surface area contributed by atoms with Crippen molar-refractivity contribution in [1.29, 1.82) is 0 Å². The summed E-state index contributed by atoms with van der Waals surface area (Å²) < 4.78 is 0. The van der Waals surface area contributed by atoms with Crippen molar-refractivity contribution in [1.82, 2.24) is 10.2 Å². The second-order valence-corrected chi connectivity index (χ2v) is 2.43. The Balaban J connectivity index is 2.42. The van der Waals surface area contributed by atoms with Gasteiger partial charge in [0.25, 0.3) is 0 Å². The number of hydrogen-bond acceptors (Lipinski definition) is 2. The molecule has 2 nitrogen and oxygen atoms in total. The molecule has 0 fully saturated rings. The average molecular weight is 138 g/mol. The number of nitrogens with one attached hydrogen (secondary N) is 1. The lowest BCUT2D eigenvalue weighted by molar-refractivity contribution is 0.274. The normalized spacial score (nSPS) is 23.3. The maximum absolute atomic E-state index is 3.23. The molecule has 0 aliphatic carbocycles. The minimum absolute atomic E-state index is 0.384. The number of nitrogens with zero attached hydrogens (tertiary/aromatic N) is 1. The summed E-state index contributed by atoms with van der Waals surface area (Å²) in [6.45, 7) is 3.21. The molecule has 0 amide bonds. The van der Waals surface area contributed by atoms with Crippen molar-refractivity contribution in [3.05, 3.63) is 24.4 Å². The monoisotopic (exact) mass is 138 g/mol. The topological polar surface area (TPSA) is 15.3 Å². The van der Waals surface area contributed by atoms with E-state index in [-0.39, 0.29) is 0 Å². The van der Waals surface area contributed by atoms with E-state index in [0.717, 1.165) is 6.54 Å². The molecule has 0 saturated heterocycles. The van der Waals surface area contributed by atoms with Crippen molar-refractivity contribution >= 4 is 0 Å². The zero-order valence-corrected chi connectivity index (χ0v) is 6.54. The Morgan fingerprint density at radius 3 is 2.80 bits per heavy atom. The van der Waals surface area contributed by atoms with Crippen LogP contribution >= 0.6 is 0 Å². The Morgan fingerprint density at radius 2 is 2.30 bits per heavy atom. The molecular formula is C8H14N2. The summed E-state index contributed by atoms with van der Waals surface area (Å²) in [6.07, 6.45) is 8.56. The first-order valence-electron chi connectivity index (χ1n) is 3.64. The largest absolute Gasteiger partial charge is 0.372 e. The molecule has 0 saturated carbocycles. The summed E-state index contributed by atoms with van der Waals surface area (Å²) in [5, 5.41) is 3.23. The van der Waals surface area contributed by atoms with Gasteiger partial charge in [0.1, 0.15) is 0 Å². The fraction of sp³-hybridized carbons (Fsp3) is 0.500. The van der Waals surface area contributed by atoms with Crippen LogP contribution in [0.5, 0.6) is 0 Å². The molecule has 1 heterocycles. The highest BCUT2D eigenvalue weighted by molar-refractivity contribution is 5.11. The van der Waals surface area contributed by atoms with Crippen LogP contribution in [0.2, 0.25) is 0 Å². The maximum atomic E-state index is 3.23. The first-order chi connectivity index (χ1) is 4.84. The summed E-state index contributed by atoms with van der Waals surface area (Å²) in [5.74, 6) is 0. The smallest absolute Gasteiger partial charge is 0.0982 e. The zero-order chi connectivity index (χ0) is 7.40. The summed E-state index contributed by atoms with van der Waals surface area (Å²) in [4.78, 5) is 2.24. The number of likely N-dealkylation sites (N-methyl/N-ethyl adjacent to an activating group) is 1. The maximum Gasteiger partial charge on any atom is 0.0982 e. The standard InChI is InChI=1S/C8H14N2/c1-3-10(2)8-6-4-5-7-9-8/h4-9H,3H2,1-2H3. The second kappa shape index (κ2) is 3.42. The molecule has 1 aliphatic rings. The summed E-state index contributed by atoms with van der Waals surface area (Å²) in [7, 11) is 2.10. The predicted octanol–water partition coefficient (Wildman–Crippen LogP) is 0.937. The lowest BCUT2D eigenvalue weighted by atomic mass is 10.3. The average Bonchev–Trinajstić information content (AvgIpc) is 2.05. The van der Waals surface area contributed by atoms with Crippen LogP contribution in [0.15, 0.2) is 24.4 Å². The molecule has 0 spiro atoms. The summed E-state index contributed by atoms with van der Waals surface area (Å²) in [6, 6.07) is 0. The number of dihydropyridines is 1. The molecule has 0 aromatic carbocycles. The van der Waals surface area contributed by atoms with E-state index in [1.807, 2.05) is 12.3 Å². The van der Waals surface area contributed by atoms with Crippen molar-refractivity contribution in [3.63, 3.8) is 0 Å². The molecule has 1 rings (SSSR count). The fourth-order valence-electron chi connectivity index (χ4n) is 0.906. The molecule has 0 aromatic rings. The van der Waals surface area contributed by atoms with Crippen LogP contribution < -0.4 is 5.32 Å². The number of allylic oxidation sites excluding steroid dienone is 2. The minimum Gasteiger partial charge on any atom is -0.372 e. The van der Waals surface area contributed by atoms with Crippen LogP contribution in [0.4, 0.5) is 0 Å². The molecule has 1 unspecified atom stereocenters. The van der Waals surface area contributed by atoms with Gasteiger partial charge in [-0.2, -0.15) is 0 Å². The van der Waals surface area contributed by atoms with Gasteiger partial charge in [0, 0.05) is 0 Å². The Bertz CT molecular complexity index is 149. The van der Waals surface area contributed by atoms with E-state index < -0.39 is 0 Å². The van der Waals surface area contributed by atoms with E-state index in [4.69, 9.17) is 0 Å². The van der Waals surface area contributed by atoms with Gasteiger partial charge in [-0.05, 0) is 31.9 Å². The Morgan fingerprint density at radius 1 is 1.50 bits per heavy atom. The third-order valence-corrected chi connectivity index (χ3v) is 1.74. The molecule has 1 N–H and O–H groups in total. The van der Waals surface area contributed by atoms with E-state index in [9.17, 15) is 0 Å². The molecule has 1 aliphatic heterocycles. The second-order valence-electron chi connectivity index (χ2n) is 2.43. The zero-order valence-electron chi connectivity index (χ0n) is 6.54. The van der Waals surface area contributed by atoms with E-state index in [1.54, 1.807) is 0 Å². The van der Waals surface area contributed by atoms with Gasteiger partial charge in [-0.25, -0.2) is 0 Å². The number of rotatable bonds is 2. The fourth-order valence-corrected chi connectivity index (χ4v) is 0.906. The van der Waals surface area contributed by atoms with Gasteiger partial charge in [-0.15, -0.1) is 0 Å². The van der Waals surface area contributed by atoms with E-state index in [1.165, 1.54) is 0 Å². The van der Waals surface area contributed by atoms with Crippen molar-refractivity contribution in [2.45, 2.75) is 13.1 Å². The van der Waals surface area contributed by atoms with Gasteiger partial charge in [0.05, 0.1) is 6.17 Å². The quantitative estimate of drug-likeness (QED) is 0.611. The van der Waals surface area contributed by atoms with Crippen LogP contribution in [-0.4, -0.2) is 24.7 Å². The lowest BCUT2D eigenvalue weighted by Gasteiger charge is -2.25. The van der Waals surface area contributed by atoms with E-state index in [2.05, 4.69) is 36.3 Å². The van der Waals surface area contributed by atoms with Crippen LogP contribution in [0, 0.1) is 0 Å². The van der Waals surface area contributed by atoms with Crippen molar-refractivity contribution < 1.29 is 0 Å². The molecule has 0 aromatic heterocycles. The van der Waals surface area contributed by atoms with Gasteiger partial charge < -0.3 is 5.32 Å². The molecule has 2 heteroatoms. The summed E-state index contributed by atoms with van der Waals surface area (Å²) >= 11 is 0. The highest BCUT2D eigenvalue weighted by atomic mass is 15.2. The predicted molar refractivity (Wildman–Crippen MR) is 43.5 cm³/mol. The first-order valence-corrected chi connectivity index (χ1v) is 3.64. The first kappa shape index (κ1) is 7.35. The van der Waals surface area contributed by atoms with Gasteiger partial charge in [-0.1, -0.05) is 13.0 Å². The molecular weight excluding hydrogens is 124 g/mol. The van der Waals surface area contributed by atoms with Crippen LogP contribution in [0.25, 0.3) is 0 Å². The van der Waals surface area contributed by atoms with Crippen LogP contribution in [0.1, 0.15) is 6.92 Å². The van der Waals surface area contributed by atoms with Crippen molar-refractivity contribution in [2.24, 2.45) is 0 Å². The summed E-state index contributed by atoms with van der Waals surface area (Å²) in [5.41, 5.74) is 0. The van der Waals surface area contributed by atoms with Crippen molar-refractivity contribution in [3.8, 4) is 0 Å².